The molecule has 1 saturated carbocycles. The van der Waals surface area contributed by atoms with Crippen molar-refractivity contribution in [2.45, 2.75) is 26.3 Å². The minimum atomic E-state index is -0.446. The van der Waals surface area contributed by atoms with E-state index in [2.05, 4.69) is 9.72 Å². The molecule has 3 aromatic rings. The second kappa shape index (κ2) is 6.49. The quantitative estimate of drug-likeness (QED) is 0.671. The van der Waals surface area contributed by atoms with Gasteiger partial charge in [-0.25, -0.2) is 0 Å². The Labute approximate surface area is 160 Å². The zero-order valence-corrected chi connectivity index (χ0v) is 15.6. The molecule has 1 fully saturated rings. The van der Waals surface area contributed by atoms with E-state index in [-0.39, 0.29) is 0 Å². The van der Waals surface area contributed by atoms with Gasteiger partial charge in [-0.1, -0.05) is 28.4 Å². The van der Waals surface area contributed by atoms with Crippen molar-refractivity contribution in [2.24, 2.45) is 11.7 Å². The minimum Gasteiger partial charge on any atom is -0.366 e. The van der Waals surface area contributed by atoms with Crippen molar-refractivity contribution >= 4 is 29.1 Å². The fourth-order valence-electron chi connectivity index (χ4n) is 3.11. The summed E-state index contributed by atoms with van der Waals surface area (Å²) in [5, 5.41) is 5.20. The summed E-state index contributed by atoms with van der Waals surface area (Å²) < 4.78 is 7.66. The fourth-order valence-corrected chi connectivity index (χ4v) is 3.62. The van der Waals surface area contributed by atoms with Crippen molar-refractivity contribution in [3.63, 3.8) is 0 Å². The number of aromatic nitrogens is 2. The van der Waals surface area contributed by atoms with Crippen LogP contribution in [0.4, 0.5) is 0 Å². The second-order valence-corrected chi connectivity index (χ2v) is 7.49. The molecular weight excluding hydrogens is 373 g/mol. The first-order valence-electron chi connectivity index (χ1n) is 8.36. The Balaban J connectivity index is 1.77. The molecule has 2 N–H and O–H groups in total. The van der Waals surface area contributed by atoms with Crippen molar-refractivity contribution in [1.29, 1.82) is 0 Å². The predicted molar refractivity (Wildman–Crippen MR) is 101 cm³/mol. The number of nitrogens with zero attached hydrogens (tertiary/aromatic N) is 2. The molecule has 5 nitrogen and oxygen atoms in total. The normalized spacial score (nSPS) is 14.0. The van der Waals surface area contributed by atoms with Gasteiger partial charge in [0.1, 0.15) is 5.69 Å². The smallest absolute Gasteiger partial charge is 0.250 e. The summed E-state index contributed by atoms with van der Waals surface area (Å²) in [6, 6.07) is 8.81. The van der Waals surface area contributed by atoms with Gasteiger partial charge in [0.15, 0.2) is 5.76 Å². The van der Waals surface area contributed by atoms with Crippen LogP contribution in [-0.2, 0) is 6.54 Å². The lowest BCUT2D eigenvalue weighted by Gasteiger charge is -2.09. The van der Waals surface area contributed by atoms with Crippen molar-refractivity contribution in [1.82, 2.24) is 9.72 Å². The van der Waals surface area contributed by atoms with Crippen LogP contribution in [0.15, 0.2) is 34.9 Å². The van der Waals surface area contributed by atoms with Gasteiger partial charge < -0.3 is 14.8 Å². The molecule has 0 aliphatic heterocycles. The molecular formula is C19H17Cl2N3O2. The number of carbonyl (C=O) groups excluding carboxylic acids is 1. The number of hydrogen-bond donors (Lipinski definition) is 1. The fraction of sp³-hybridized carbons (Fsp3) is 0.263. The average molecular weight is 390 g/mol. The maximum atomic E-state index is 11.8. The highest BCUT2D eigenvalue weighted by atomic mass is 35.5. The molecule has 1 amide bonds. The molecule has 0 saturated heterocycles. The Hall–Kier alpha value is -2.24. The van der Waals surface area contributed by atoms with Crippen LogP contribution < -0.4 is 5.73 Å². The van der Waals surface area contributed by atoms with E-state index in [0.29, 0.717) is 33.0 Å². The third-order valence-corrected chi connectivity index (χ3v) is 5.29. The number of carbonyl (C=O) groups is 1. The third-order valence-electron chi connectivity index (χ3n) is 4.74. The van der Waals surface area contributed by atoms with E-state index in [1.54, 1.807) is 24.3 Å². The summed E-state index contributed by atoms with van der Waals surface area (Å²) in [6.07, 6.45) is 2.40. The van der Waals surface area contributed by atoms with Gasteiger partial charge in [-0.3, -0.25) is 4.79 Å². The first-order chi connectivity index (χ1) is 12.4. The van der Waals surface area contributed by atoms with Gasteiger partial charge in [0.05, 0.1) is 16.3 Å². The predicted octanol–water partition coefficient (Wildman–Crippen LogP) is 4.93. The number of nitrogens with two attached hydrogens (primary N) is 1. The van der Waals surface area contributed by atoms with Crippen LogP contribution in [0.1, 0.15) is 28.9 Å². The third kappa shape index (κ3) is 3.13. The van der Waals surface area contributed by atoms with E-state index in [1.807, 2.05) is 13.0 Å². The largest absolute Gasteiger partial charge is 0.366 e. The van der Waals surface area contributed by atoms with Crippen LogP contribution in [0.5, 0.6) is 0 Å². The number of primary amides is 1. The summed E-state index contributed by atoms with van der Waals surface area (Å²) in [5.74, 6) is 0.759. The lowest BCUT2D eigenvalue weighted by molar-refractivity contribution is 0.0999. The Morgan fingerprint density at radius 1 is 1.31 bits per heavy atom. The molecule has 1 aliphatic carbocycles. The highest BCUT2D eigenvalue weighted by Gasteiger charge is 2.27. The number of benzene rings is 1. The van der Waals surface area contributed by atoms with Gasteiger partial charge in [0.25, 0.3) is 5.91 Å². The number of hydrogen-bond acceptors (Lipinski definition) is 3. The van der Waals surface area contributed by atoms with E-state index < -0.39 is 5.91 Å². The minimum absolute atomic E-state index is 0.446. The van der Waals surface area contributed by atoms with Crippen LogP contribution in [0.3, 0.4) is 0 Å². The van der Waals surface area contributed by atoms with E-state index in [0.717, 1.165) is 23.5 Å². The summed E-state index contributed by atoms with van der Waals surface area (Å²) in [5.41, 5.74) is 9.02. The molecule has 0 radical (unpaired) electrons. The van der Waals surface area contributed by atoms with Crippen LogP contribution in [-0.4, -0.2) is 15.6 Å². The lowest BCUT2D eigenvalue weighted by Crippen LogP contribution is -2.12. The van der Waals surface area contributed by atoms with Gasteiger partial charge in [0.2, 0.25) is 0 Å². The van der Waals surface area contributed by atoms with Crippen molar-refractivity contribution < 1.29 is 9.32 Å². The first-order valence-corrected chi connectivity index (χ1v) is 9.12. The van der Waals surface area contributed by atoms with Gasteiger partial charge in [-0.15, -0.1) is 0 Å². The van der Waals surface area contributed by atoms with Gasteiger partial charge in [-0.2, -0.15) is 0 Å². The SMILES string of the molecule is Cc1c(C(N)=O)cc(-c2cc(-c3ccc(Cl)cc3Cl)no2)n1CC1CC1. The van der Waals surface area contributed by atoms with Crippen LogP contribution in [0, 0.1) is 12.8 Å². The monoisotopic (exact) mass is 389 g/mol. The van der Waals surface area contributed by atoms with Crippen molar-refractivity contribution in [2.75, 3.05) is 0 Å². The van der Waals surface area contributed by atoms with Crippen molar-refractivity contribution in [3.8, 4) is 22.7 Å². The Morgan fingerprint density at radius 3 is 2.73 bits per heavy atom. The molecule has 1 aromatic carbocycles. The molecule has 134 valence electrons. The molecule has 0 spiro atoms. The Kier molecular flexibility index (Phi) is 4.29. The van der Waals surface area contributed by atoms with Crippen molar-refractivity contribution in [3.05, 3.63) is 51.6 Å². The van der Waals surface area contributed by atoms with Gasteiger partial charge in [-0.05, 0) is 49.9 Å². The number of rotatable bonds is 5. The average Bonchev–Trinajstić information content (AvgIpc) is 3.17. The Bertz CT molecular complexity index is 1000. The standard InChI is InChI=1S/C19H17Cl2N3O2/c1-10-14(19(22)25)7-17(24(10)9-11-2-3-11)18-8-16(23-26-18)13-5-4-12(20)6-15(13)21/h4-8,11H,2-3,9H2,1H3,(H2,22,25). The zero-order valence-electron chi connectivity index (χ0n) is 14.1. The second-order valence-electron chi connectivity index (χ2n) is 6.65. The van der Waals surface area contributed by atoms with Crippen LogP contribution in [0.2, 0.25) is 10.0 Å². The van der Waals surface area contributed by atoms with E-state index >= 15 is 0 Å². The van der Waals surface area contributed by atoms with E-state index in [9.17, 15) is 4.79 Å². The highest BCUT2D eigenvalue weighted by Crippen LogP contribution is 2.37. The molecule has 4 rings (SSSR count). The topological polar surface area (TPSA) is 74.1 Å². The molecule has 0 unspecified atom stereocenters. The summed E-state index contributed by atoms with van der Waals surface area (Å²) >= 11 is 12.2. The van der Waals surface area contributed by atoms with Crippen LogP contribution in [0.25, 0.3) is 22.7 Å². The summed E-state index contributed by atoms with van der Waals surface area (Å²) in [7, 11) is 0. The maximum absolute atomic E-state index is 11.8. The molecule has 1 aliphatic rings. The highest BCUT2D eigenvalue weighted by molar-refractivity contribution is 6.36. The molecule has 2 heterocycles. The lowest BCUT2D eigenvalue weighted by atomic mass is 10.1. The number of halogens is 2. The summed E-state index contributed by atoms with van der Waals surface area (Å²) in [4.78, 5) is 11.8. The first kappa shape index (κ1) is 17.2. The molecule has 2 aromatic heterocycles. The van der Waals surface area contributed by atoms with E-state index in [4.69, 9.17) is 33.5 Å². The van der Waals surface area contributed by atoms with Gasteiger partial charge >= 0.3 is 0 Å². The molecule has 7 heteroatoms. The van der Waals surface area contributed by atoms with Gasteiger partial charge in [0, 0.05) is 28.9 Å². The van der Waals surface area contributed by atoms with E-state index in [1.165, 1.54) is 12.8 Å². The van der Waals surface area contributed by atoms with Crippen LogP contribution >= 0.6 is 23.2 Å². The molecule has 0 bridgehead atoms. The molecule has 26 heavy (non-hydrogen) atoms. The zero-order chi connectivity index (χ0) is 18.4. The summed E-state index contributed by atoms with van der Waals surface area (Å²) in [6.45, 7) is 2.74. The molecule has 0 atom stereocenters. The maximum Gasteiger partial charge on any atom is 0.250 e. The number of amides is 1. The Morgan fingerprint density at radius 2 is 2.08 bits per heavy atom.